The Hall–Kier alpha value is -3.02. The van der Waals surface area contributed by atoms with Crippen LogP contribution in [0.5, 0.6) is 11.5 Å². The van der Waals surface area contributed by atoms with Crippen LogP contribution in [-0.4, -0.2) is 47.6 Å². The lowest BCUT2D eigenvalue weighted by molar-refractivity contribution is -0.122. The largest absolute Gasteiger partial charge is 0.507 e. The topological polar surface area (TPSA) is 78.9 Å². The number of aryl methyl sites for hydroxylation is 1. The summed E-state index contributed by atoms with van der Waals surface area (Å²) in [5.41, 5.74) is 1.41. The second kappa shape index (κ2) is 9.96. The number of hydrogen-bond donors (Lipinski definition) is 2. The van der Waals surface area contributed by atoms with Crippen LogP contribution in [-0.2, 0) is 4.79 Å². The fourth-order valence-corrected chi connectivity index (χ4v) is 3.48. The quantitative estimate of drug-likeness (QED) is 0.704. The Kier molecular flexibility index (Phi) is 7.11. The van der Waals surface area contributed by atoms with Gasteiger partial charge in [-0.25, -0.2) is 0 Å². The number of phenols is 1. The molecular formula is C23H28N2O4. The standard InChI is InChI=1S/C23H28N2O4/c1-17-7-2-5-10-21(17)29-16-6-11-22(27)24-18-12-14-25(15-13-18)23(28)19-8-3-4-9-20(19)26/h2-5,7-10,18,26H,6,11-16H2,1H3,(H,24,27). The molecule has 2 amide bonds. The van der Waals surface area contributed by atoms with Gasteiger partial charge in [0.1, 0.15) is 11.5 Å². The normalized spacial score (nSPS) is 14.4. The van der Waals surface area contributed by atoms with Crippen molar-refractivity contribution in [1.82, 2.24) is 10.2 Å². The van der Waals surface area contributed by atoms with Gasteiger partial charge in [0.05, 0.1) is 12.2 Å². The summed E-state index contributed by atoms with van der Waals surface area (Å²) >= 11 is 0. The van der Waals surface area contributed by atoms with Crippen molar-refractivity contribution in [3.05, 3.63) is 59.7 Å². The lowest BCUT2D eigenvalue weighted by Gasteiger charge is -2.32. The van der Waals surface area contributed by atoms with E-state index in [0.717, 1.165) is 11.3 Å². The number of aromatic hydroxyl groups is 1. The van der Waals surface area contributed by atoms with Crippen molar-refractivity contribution in [3.63, 3.8) is 0 Å². The molecule has 0 saturated carbocycles. The van der Waals surface area contributed by atoms with Gasteiger partial charge in [-0.1, -0.05) is 30.3 Å². The number of carbonyl (C=O) groups excluding carboxylic acids is 2. The fraction of sp³-hybridized carbons (Fsp3) is 0.391. The summed E-state index contributed by atoms with van der Waals surface area (Å²) in [5, 5.41) is 12.9. The number of piperidine rings is 1. The minimum Gasteiger partial charge on any atom is -0.507 e. The van der Waals surface area contributed by atoms with E-state index >= 15 is 0 Å². The molecule has 2 N–H and O–H groups in total. The molecule has 29 heavy (non-hydrogen) atoms. The Balaban J connectivity index is 1.36. The summed E-state index contributed by atoms with van der Waals surface area (Å²) in [6, 6.07) is 14.5. The van der Waals surface area contributed by atoms with Gasteiger partial charge in [-0.05, 0) is 49.9 Å². The summed E-state index contributed by atoms with van der Waals surface area (Å²) in [6.07, 6.45) is 2.50. The first-order chi connectivity index (χ1) is 14.0. The lowest BCUT2D eigenvalue weighted by atomic mass is 10.0. The van der Waals surface area contributed by atoms with Crippen LogP contribution >= 0.6 is 0 Å². The number of likely N-dealkylation sites (tertiary alicyclic amines) is 1. The molecule has 0 unspecified atom stereocenters. The molecule has 154 valence electrons. The minimum atomic E-state index is -0.166. The zero-order valence-electron chi connectivity index (χ0n) is 16.8. The first-order valence-electron chi connectivity index (χ1n) is 10.1. The molecule has 0 spiro atoms. The molecule has 2 aromatic rings. The molecule has 2 aromatic carbocycles. The summed E-state index contributed by atoms with van der Waals surface area (Å²) < 4.78 is 5.72. The number of hydrogen-bond acceptors (Lipinski definition) is 4. The highest BCUT2D eigenvalue weighted by Gasteiger charge is 2.25. The average Bonchev–Trinajstić information content (AvgIpc) is 2.73. The molecule has 1 aliphatic heterocycles. The van der Waals surface area contributed by atoms with Crippen LogP contribution in [0.2, 0.25) is 0 Å². The van der Waals surface area contributed by atoms with Crippen molar-refractivity contribution in [3.8, 4) is 11.5 Å². The van der Waals surface area contributed by atoms with Crippen molar-refractivity contribution in [2.45, 2.75) is 38.6 Å². The zero-order valence-corrected chi connectivity index (χ0v) is 16.8. The van der Waals surface area contributed by atoms with Crippen molar-refractivity contribution in [2.75, 3.05) is 19.7 Å². The molecule has 1 saturated heterocycles. The third kappa shape index (κ3) is 5.73. The minimum absolute atomic E-state index is 0.000779. The maximum absolute atomic E-state index is 12.5. The third-order valence-corrected chi connectivity index (χ3v) is 5.18. The first kappa shape index (κ1) is 20.7. The Labute approximate surface area is 171 Å². The van der Waals surface area contributed by atoms with E-state index < -0.39 is 0 Å². The van der Waals surface area contributed by atoms with Crippen molar-refractivity contribution in [1.29, 1.82) is 0 Å². The fourth-order valence-electron chi connectivity index (χ4n) is 3.48. The Bertz CT molecular complexity index is 844. The maximum atomic E-state index is 12.5. The van der Waals surface area contributed by atoms with E-state index in [1.807, 2.05) is 31.2 Å². The number of rotatable bonds is 7. The molecule has 0 bridgehead atoms. The third-order valence-electron chi connectivity index (χ3n) is 5.18. The smallest absolute Gasteiger partial charge is 0.257 e. The molecule has 0 aliphatic carbocycles. The van der Waals surface area contributed by atoms with Gasteiger partial charge in [0.2, 0.25) is 5.91 Å². The number of nitrogens with one attached hydrogen (secondary N) is 1. The second-order valence-corrected chi connectivity index (χ2v) is 7.37. The van der Waals surface area contributed by atoms with Crippen LogP contribution in [0, 0.1) is 6.92 Å². The molecule has 1 aliphatic rings. The molecule has 6 heteroatoms. The summed E-state index contributed by atoms with van der Waals surface area (Å²) in [4.78, 5) is 26.5. The SMILES string of the molecule is Cc1ccccc1OCCCC(=O)NC1CCN(C(=O)c2ccccc2O)CC1. The van der Waals surface area contributed by atoms with Gasteiger partial charge < -0.3 is 20.1 Å². The van der Waals surface area contributed by atoms with Crippen molar-refractivity contribution < 1.29 is 19.4 Å². The number of phenolic OH excluding ortho intramolecular Hbond substituents is 1. The molecule has 0 radical (unpaired) electrons. The van der Waals surface area contributed by atoms with Gasteiger partial charge in [0.25, 0.3) is 5.91 Å². The highest BCUT2D eigenvalue weighted by Crippen LogP contribution is 2.21. The summed E-state index contributed by atoms with van der Waals surface area (Å²) in [5.74, 6) is 0.709. The number of nitrogens with zero attached hydrogens (tertiary/aromatic N) is 1. The number of amides is 2. The van der Waals surface area contributed by atoms with E-state index in [4.69, 9.17) is 4.74 Å². The van der Waals surface area contributed by atoms with E-state index in [9.17, 15) is 14.7 Å². The molecule has 3 rings (SSSR count). The number of ether oxygens (including phenoxy) is 1. The van der Waals surface area contributed by atoms with Crippen LogP contribution in [0.1, 0.15) is 41.6 Å². The van der Waals surface area contributed by atoms with E-state index in [1.54, 1.807) is 23.1 Å². The zero-order chi connectivity index (χ0) is 20.6. The highest BCUT2D eigenvalue weighted by atomic mass is 16.5. The number of para-hydroxylation sites is 2. The van der Waals surface area contributed by atoms with Gasteiger partial charge in [-0.2, -0.15) is 0 Å². The summed E-state index contributed by atoms with van der Waals surface area (Å²) in [6.45, 7) is 3.63. The van der Waals surface area contributed by atoms with E-state index in [-0.39, 0.29) is 23.6 Å². The van der Waals surface area contributed by atoms with Gasteiger partial charge in [0.15, 0.2) is 0 Å². The van der Waals surface area contributed by atoms with Gasteiger partial charge in [-0.15, -0.1) is 0 Å². The number of benzene rings is 2. The molecular weight excluding hydrogens is 368 g/mol. The molecule has 1 fully saturated rings. The van der Waals surface area contributed by atoms with Crippen LogP contribution in [0.3, 0.4) is 0 Å². The predicted molar refractivity (Wildman–Crippen MR) is 111 cm³/mol. The van der Waals surface area contributed by atoms with Gasteiger partial charge in [-0.3, -0.25) is 9.59 Å². The number of carbonyl (C=O) groups is 2. The monoisotopic (exact) mass is 396 g/mol. The van der Waals surface area contributed by atoms with Gasteiger partial charge >= 0.3 is 0 Å². The van der Waals surface area contributed by atoms with Crippen LogP contribution < -0.4 is 10.1 Å². The molecule has 0 atom stereocenters. The highest BCUT2D eigenvalue weighted by molar-refractivity contribution is 5.96. The molecule has 0 aromatic heterocycles. The second-order valence-electron chi connectivity index (χ2n) is 7.37. The molecule has 1 heterocycles. The van der Waals surface area contributed by atoms with Crippen molar-refractivity contribution in [2.24, 2.45) is 0 Å². The first-order valence-corrected chi connectivity index (χ1v) is 10.1. The van der Waals surface area contributed by atoms with Crippen LogP contribution in [0.25, 0.3) is 0 Å². The Morgan fingerprint density at radius 1 is 1.10 bits per heavy atom. The van der Waals surface area contributed by atoms with Crippen LogP contribution in [0.15, 0.2) is 48.5 Å². The Morgan fingerprint density at radius 3 is 2.52 bits per heavy atom. The Morgan fingerprint density at radius 2 is 1.79 bits per heavy atom. The lowest BCUT2D eigenvalue weighted by Crippen LogP contribution is -2.46. The van der Waals surface area contributed by atoms with E-state index in [1.165, 1.54) is 6.07 Å². The van der Waals surface area contributed by atoms with E-state index in [0.29, 0.717) is 50.9 Å². The predicted octanol–water partition coefficient (Wildman–Crippen LogP) is 3.28. The van der Waals surface area contributed by atoms with E-state index in [2.05, 4.69) is 5.32 Å². The maximum Gasteiger partial charge on any atom is 0.257 e. The molecule has 6 nitrogen and oxygen atoms in total. The summed E-state index contributed by atoms with van der Waals surface area (Å²) in [7, 11) is 0. The van der Waals surface area contributed by atoms with Crippen molar-refractivity contribution >= 4 is 11.8 Å². The van der Waals surface area contributed by atoms with Gasteiger partial charge in [0, 0.05) is 25.6 Å². The van der Waals surface area contributed by atoms with Crippen LogP contribution in [0.4, 0.5) is 0 Å². The average molecular weight is 396 g/mol.